The number of ether oxygens (including phenoxy) is 1. The third-order valence-corrected chi connectivity index (χ3v) is 8.36. The lowest BCUT2D eigenvalue weighted by molar-refractivity contribution is 0.295. The second-order valence-electron chi connectivity index (χ2n) is 8.99. The maximum absolute atomic E-state index is 12.5. The summed E-state index contributed by atoms with van der Waals surface area (Å²) in [4.78, 5) is 0.354. The molecule has 31 heavy (non-hydrogen) atoms. The molecule has 2 aliphatic carbocycles. The smallest absolute Gasteiger partial charge is 0.240 e. The number of hydrogen-bond acceptors (Lipinski definition) is 4. The van der Waals surface area contributed by atoms with E-state index in [0.717, 1.165) is 44.5 Å². The van der Waals surface area contributed by atoms with Gasteiger partial charge in [-0.05, 0) is 93.1 Å². The Bertz CT molecular complexity index is 940. The monoisotopic (exact) mass is 442 g/mol. The fourth-order valence-corrected chi connectivity index (χ4v) is 6.20. The molecule has 2 saturated carbocycles. The van der Waals surface area contributed by atoms with Gasteiger partial charge in [-0.1, -0.05) is 36.4 Å². The summed E-state index contributed by atoms with van der Waals surface area (Å²) in [5.74, 6) is 3.03. The summed E-state index contributed by atoms with van der Waals surface area (Å²) in [6.45, 7) is 2.11. The van der Waals surface area contributed by atoms with E-state index in [2.05, 4.69) is 28.2 Å². The highest BCUT2D eigenvalue weighted by Gasteiger charge is 2.39. The lowest BCUT2D eigenvalue weighted by Crippen LogP contribution is -2.38. The molecule has 0 unspecified atom stereocenters. The summed E-state index contributed by atoms with van der Waals surface area (Å²) in [5.41, 5.74) is 1.34. The zero-order valence-electron chi connectivity index (χ0n) is 18.3. The maximum Gasteiger partial charge on any atom is 0.240 e. The fraction of sp³-hybridized carbons (Fsp3) is 0.520. The minimum Gasteiger partial charge on any atom is -0.496 e. The number of benzene rings is 2. The molecule has 0 heterocycles. The van der Waals surface area contributed by atoms with Crippen LogP contribution in [0.4, 0.5) is 0 Å². The standard InChI is InChI=1S/C25H34N2O3S/c1-30-25-10-6-5-9-23(25)24-17-20(24)18-26-16-15-19-11-13-21(14-12-19)27-31(28,29)22-7-3-2-4-8-22/h2-10,19-21,24,26-27H,11-18H2,1H3/t19-,20-,21-,24+/m0/s1. The van der Waals surface area contributed by atoms with Gasteiger partial charge < -0.3 is 10.1 Å². The van der Waals surface area contributed by atoms with Crippen LogP contribution >= 0.6 is 0 Å². The molecule has 2 aliphatic rings. The van der Waals surface area contributed by atoms with E-state index in [1.165, 1.54) is 18.4 Å². The van der Waals surface area contributed by atoms with Gasteiger partial charge in [0.25, 0.3) is 0 Å². The maximum atomic E-state index is 12.5. The summed E-state index contributed by atoms with van der Waals surface area (Å²) in [5, 5.41) is 3.65. The Kier molecular flexibility index (Phi) is 7.31. The average Bonchev–Trinajstić information content (AvgIpc) is 3.57. The quantitative estimate of drug-likeness (QED) is 0.538. The van der Waals surface area contributed by atoms with Crippen LogP contribution in [0.2, 0.25) is 0 Å². The second kappa shape index (κ2) is 10.2. The number of rotatable bonds is 10. The van der Waals surface area contributed by atoms with Crippen LogP contribution in [-0.4, -0.2) is 34.7 Å². The first kappa shape index (κ1) is 22.3. The molecule has 2 atom stereocenters. The summed E-state index contributed by atoms with van der Waals surface area (Å²) in [6.07, 6.45) is 6.45. The van der Waals surface area contributed by atoms with Gasteiger partial charge in [0.2, 0.25) is 10.0 Å². The van der Waals surface area contributed by atoms with Crippen LogP contribution in [0.15, 0.2) is 59.5 Å². The van der Waals surface area contributed by atoms with Crippen molar-refractivity contribution in [2.24, 2.45) is 11.8 Å². The van der Waals surface area contributed by atoms with Crippen LogP contribution in [0.3, 0.4) is 0 Å². The molecule has 2 fully saturated rings. The van der Waals surface area contributed by atoms with Crippen molar-refractivity contribution >= 4 is 10.0 Å². The summed E-state index contributed by atoms with van der Waals surface area (Å²) in [7, 11) is -1.66. The molecule has 0 spiro atoms. The van der Waals surface area contributed by atoms with Gasteiger partial charge in [0.05, 0.1) is 12.0 Å². The predicted molar refractivity (Wildman–Crippen MR) is 124 cm³/mol. The molecule has 0 saturated heterocycles. The summed E-state index contributed by atoms with van der Waals surface area (Å²) < 4.78 is 33.4. The molecule has 2 aromatic rings. The third-order valence-electron chi connectivity index (χ3n) is 6.82. The van der Waals surface area contributed by atoms with E-state index in [9.17, 15) is 8.42 Å². The molecule has 4 rings (SSSR count). The number of sulfonamides is 1. The number of hydrogen-bond donors (Lipinski definition) is 2. The van der Waals surface area contributed by atoms with Crippen LogP contribution < -0.4 is 14.8 Å². The first-order chi connectivity index (χ1) is 15.1. The zero-order chi connectivity index (χ0) is 21.7. The van der Waals surface area contributed by atoms with E-state index >= 15 is 0 Å². The Morgan fingerprint density at radius 3 is 2.42 bits per heavy atom. The van der Waals surface area contributed by atoms with Crippen molar-refractivity contribution in [1.29, 1.82) is 0 Å². The van der Waals surface area contributed by atoms with Crippen molar-refractivity contribution < 1.29 is 13.2 Å². The minimum absolute atomic E-state index is 0.0579. The van der Waals surface area contributed by atoms with Gasteiger partial charge >= 0.3 is 0 Å². The van der Waals surface area contributed by atoms with Crippen LogP contribution in [0.25, 0.3) is 0 Å². The van der Waals surface area contributed by atoms with Crippen molar-refractivity contribution in [1.82, 2.24) is 10.0 Å². The van der Waals surface area contributed by atoms with Crippen molar-refractivity contribution in [3.8, 4) is 5.75 Å². The van der Waals surface area contributed by atoms with Gasteiger partial charge in [-0.3, -0.25) is 0 Å². The lowest BCUT2D eigenvalue weighted by Gasteiger charge is -2.29. The molecule has 0 bridgehead atoms. The Morgan fingerprint density at radius 1 is 0.968 bits per heavy atom. The van der Waals surface area contributed by atoms with E-state index in [1.807, 2.05) is 12.1 Å². The molecule has 6 heteroatoms. The normalized spacial score (nSPS) is 25.8. The van der Waals surface area contributed by atoms with E-state index in [0.29, 0.717) is 22.6 Å². The largest absolute Gasteiger partial charge is 0.496 e. The van der Waals surface area contributed by atoms with Crippen molar-refractivity contribution in [2.75, 3.05) is 20.2 Å². The lowest BCUT2D eigenvalue weighted by atomic mass is 9.84. The molecule has 168 valence electrons. The van der Waals surface area contributed by atoms with Crippen LogP contribution in [0, 0.1) is 11.8 Å². The molecule has 0 aromatic heterocycles. The molecule has 2 N–H and O–H groups in total. The number of methoxy groups -OCH3 is 1. The van der Waals surface area contributed by atoms with Gasteiger partial charge in [0.1, 0.15) is 5.75 Å². The first-order valence-electron chi connectivity index (χ1n) is 11.5. The van der Waals surface area contributed by atoms with Crippen molar-refractivity contribution in [2.45, 2.75) is 55.4 Å². The zero-order valence-corrected chi connectivity index (χ0v) is 19.1. The topological polar surface area (TPSA) is 67.4 Å². The van der Waals surface area contributed by atoms with E-state index in [1.54, 1.807) is 31.4 Å². The minimum atomic E-state index is -3.41. The van der Waals surface area contributed by atoms with E-state index in [4.69, 9.17) is 4.74 Å². The van der Waals surface area contributed by atoms with Gasteiger partial charge in [0, 0.05) is 6.04 Å². The van der Waals surface area contributed by atoms with Gasteiger partial charge in [-0.25, -0.2) is 13.1 Å². The molecule has 0 radical (unpaired) electrons. The Balaban J connectivity index is 1.13. The van der Waals surface area contributed by atoms with E-state index in [-0.39, 0.29) is 6.04 Å². The SMILES string of the molecule is COc1ccccc1[C@@H]1C[C@H]1CNCC[C@H]1CC[C@H](NS(=O)(=O)c2ccccc2)CC1. The molecule has 5 nitrogen and oxygen atoms in total. The Hall–Kier alpha value is -1.89. The van der Waals surface area contributed by atoms with Crippen molar-refractivity contribution in [3.63, 3.8) is 0 Å². The van der Waals surface area contributed by atoms with Crippen LogP contribution in [-0.2, 0) is 10.0 Å². The highest BCUT2D eigenvalue weighted by atomic mass is 32.2. The molecule has 0 aliphatic heterocycles. The van der Waals surface area contributed by atoms with Gasteiger partial charge in [-0.2, -0.15) is 0 Å². The molecule has 0 amide bonds. The Morgan fingerprint density at radius 2 is 1.68 bits per heavy atom. The highest BCUT2D eigenvalue weighted by molar-refractivity contribution is 7.89. The molecular formula is C25H34N2O3S. The third kappa shape index (κ3) is 5.88. The number of para-hydroxylation sites is 1. The number of nitrogens with one attached hydrogen (secondary N) is 2. The van der Waals surface area contributed by atoms with Crippen LogP contribution in [0.5, 0.6) is 5.75 Å². The van der Waals surface area contributed by atoms with Crippen LogP contribution in [0.1, 0.15) is 50.0 Å². The highest BCUT2D eigenvalue weighted by Crippen LogP contribution is 2.49. The van der Waals surface area contributed by atoms with Crippen molar-refractivity contribution in [3.05, 3.63) is 60.2 Å². The first-order valence-corrected chi connectivity index (χ1v) is 13.0. The van der Waals surface area contributed by atoms with E-state index < -0.39 is 10.0 Å². The molecule has 2 aromatic carbocycles. The second-order valence-corrected chi connectivity index (χ2v) is 10.7. The predicted octanol–water partition coefficient (Wildman–Crippen LogP) is 4.32. The fourth-order valence-electron chi connectivity index (χ4n) is 4.88. The Labute approximate surface area is 186 Å². The van der Waals surface area contributed by atoms with Gasteiger partial charge in [0.15, 0.2) is 0 Å². The van der Waals surface area contributed by atoms with Gasteiger partial charge in [-0.15, -0.1) is 0 Å². The summed E-state index contributed by atoms with van der Waals surface area (Å²) in [6, 6.07) is 17.1. The average molecular weight is 443 g/mol. The summed E-state index contributed by atoms with van der Waals surface area (Å²) >= 11 is 0. The molecular weight excluding hydrogens is 408 g/mol.